The lowest BCUT2D eigenvalue weighted by atomic mass is 10.2. The van der Waals surface area contributed by atoms with Gasteiger partial charge in [0.1, 0.15) is 11.3 Å². The summed E-state index contributed by atoms with van der Waals surface area (Å²) >= 11 is 0. The Hall–Kier alpha value is -2.69. The average molecular weight is 256 g/mol. The monoisotopic (exact) mass is 256 g/mol. The SMILES string of the molecule is Cc1ccc(N=Nc2cccc(C(=O)O)c2O)cc1. The lowest BCUT2D eigenvalue weighted by Crippen LogP contribution is -1.95. The van der Waals surface area contributed by atoms with E-state index in [2.05, 4.69) is 10.2 Å². The van der Waals surface area contributed by atoms with Crippen molar-refractivity contribution in [2.45, 2.75) is 6.92 Å². The number of hydrogen-bond donors (Lipinski definition) is 2. The minimum atomic E-state index is -1.20. The van der Waals surface area contributed by atoms with Crippen LogP contribution in [0.25, 0.3) is 0 Å². The Balaban J connectivity index is 2.31. The number of carboxylic acid groups (broad SMARTS) is 1. The van der Waals surface area contributed by atoms with E-state index in [1.807, 2.05) is 19.1 Å². The van der Waals surface area contributed by atoms with E-state index in [-0.39, 0.29) is 17.0 Å². The standard InChI is InChI=1S/C14H12N2O3/c1-9-5-7-10(8-6-9)15-16-12-4-2-3-11(13(12)17)14(18)19/h2-8,17H,1H3,(H,18,19). The van der Waals surface area contributed by atoms with Gasteiger partial charge in [0.2, 0.25) is 0 Å². The van der Waals surface area contributed by atoms with Crippen molar-refractivity contribution < 1.29 is 15.0 Å². The van der Waals surface area contributed by atoms with E-state index >= 15 is 0 Å². The third-order valence-electron chi connectivity index (χ3n) is 2.55. The van der Waals surface area contributed by atoms with Crippen molar-refractivity contribution >= 4 is 17.3 Å². The van der Waals surface area contributed by atoms with E-state index in [1.54, 1.807) is 12.1 Å². The maximum Gasteiger partial charge on any atom is 0.339 e. The van der Waals surface area contributed by atoms with Gasteiger partial charge < -0.3 is 10.2 Å². The van der Waals surface area contributed by atoms with Crippen molar-refractivity contribution in [3.8, 4) is 5.75 Å². The first-order valence-corrected chi connectivity index (χ1v) is 5.61. The van der Waals surface area contributed by atoms with Crippen LogP contribution in [0.5, 0.6) is 5.75 Å². The molecule has 0 radical (unpaired) electrons. The first-order valence-electron chi connectivity index (χ1n) is 5.61. The minimum absolute atomic E-state index is 0.125. The number of nitrogens with zero attached hydrogens (tertiary/aromatic N) is 2. The first kappa shape index (κ1) is 12.8. The van der Waals surface area contributed by atoms with Crippen LogP contribution in [0.1, 0.15) is 15.9 Å². The number of para-hydroxylation sites is 1. The van der Waals surface area contributed by atoms with Crippen LogP contribution in [0.2, 0.25) is 0 Å². The molecule has 0 bridgehead atoms. The van der Waals surface area contributed by atoms with Crippen LogP contribution in [0.15, 0.2) is 52.7 Å². The van der Waals surface area contributed by atoms with Crippen molar-refractivity contribution in [1.82, 2.24) is 0 Å². The molecule has 2 N–H and O–H groups in total. The molecule has 0 amide bonds. The number of aromatic carboxylic acids is 1. The predicted octanol–water partition coefficient (Wildman–Crippen LogP) is 3.81. The second-order valence-electron chi connectivity index (χ2n) is 4.01. The molecule has 0 aliphatic rings. The Labute approximate surface area is 109 Å². The fourth-order valence-electron chi connectivity index (χ4n) is 1.51. The number of carbonyl (C=O) groups is 1. The molecular formula is C14H12N2O3. The van der Waals surface area contributed by atoms with E-state index in [4.69, 9.17) is 5.11 Å². The zero-order valence-corrected chi connectivity index (χ0v) is 10.2. The second kappa shape index (κ2) is 5.30. The molecule has 0 heterocycles. The highest BCUT2D eigenvalue weighted by atomic mass is 16.4. The number of aromatic hydroxyl groups is 1. The Morgan fingerprint density at radius 2 is 1.74 bits per heavy atom. The van der Waals surface area contributed by atoms with Crippen LogP contribution in [-0.2, 0) is 0 Å². The summed E-state index contributed by atoms with van der Waals surface area (Å²) in [6.45, 7) is 1.96. The highest BCUT2D eigenvalue weighted by molar-refractivity contribution is 5.92. The highest BCUT2D eigenvalue weighted by Gasteiger charge is 2.12. The number of benzene rings is 2. The Morgan fingerprint density at radius 1 is 1.05 bits per heavy atom. The summed E-state index contributed by atoms with van der Waals surface area (Å²) in [6.07, 6.45) is 0. The summed E-state index contributed by atoms with van der Waals surface area (Å²) in [7, 11) is 0. The Kier molecular flexibility index (Phi) is 3.56. The number of rotatable bonds is 3. The van der Waals surface area contributed by atoms with Gasteiger partial charge in [0.15, 0.2) is 5.75 Å². The van der Waals surface area contributed by atoms with Crippen LogP contribution < -0.4 is 0 Å². The van der Waals surface area contributed by atoms with E-state index < -0.39 is 5.97 Å². The molecule has 2 aromatic rings. The van der Waals surface area contributed by atoms with Gasteiger partial charge in [-0.1, -0.05) is 23.8 Å². The van der Waals surface area contributed by atoms with Crippen molar-refractivity contribution in [2.75, 3.05) is 0 Å². The van der Waals surface area contributed by atoms with E-state index in [0.29, 0.717) is 5.69 Å². The predicted molar refractivity (Wildman–Crippen MR) is 70.4 cm³/mol. The van der Waals surface area contributed by atoms with Gasteiger partial charge in [-0.2, -0.15) is 5.11 Å². The fraction of sp³-hybridized carbons (Fsp3) is 0.0714. The molecule has 2 aromatic carbocycles. The van der Waals surface area contributed by atoms with Crippen molar-refractivity contribution in [3.63, 3.8) is 0 Å². The van der Waals surface area contributed by atoms with Crippen LogP contribution >= 0.6 is 0 Å². The number of hydrogen-bond acceptors (Lipinski definition) is 4. The third-order valence-corrected chi connectivity index (χ3v) is 2.55. The number of aryl methyl sites for hydroxylation is 1. The molecule has 0 saturated carbocycles. The quantitative estimate of drug-likeness (QED) is 0.819. The zero-order valence-electron chi connectivity index (χ0n) is 10.2. The lowest BCUT2D eigenvalue weighted by molar-refractivity contribution is 0.0694. The Morgan fingerprint density at radius 3 is 2.37 bits per heavy atom. The summed E-state index contributed by atoms with van der Waals surface area (Å²) in [6, 6.07) is 11.7. The summed E-state index contributed by atoms with van der Waals surface area (Å²) in [5, 5.41) is 26.4. The highest BCUT2D eigenvalue weighted by Crippen LogP contribution is 2.31. The summed E-state index contributed by atoms with van der Waals surface area (Å²) in [5.41, 5.74) is 1.67. The second-order valence-corrected chi connectivity index (χ2v) is 4.01. The van der Waals surface area contributed by atoms with Crippen molar-refractivity contribution in [1.29, 1.82) is 0 Å². The topological polar surface area (TPSA) is 82.2 Å². The van der Waals surface area contributed by atoms with Gasteiger partial charge in [0.25, 0.3) is 0 Å². The molecule has 2 rings (SSSR count). The molecule has 0 aliphatic carbocycles. The van der Waals surface area contributed by atoms with E-state index in [0.717, 1.165) is 5.56 Å². The maximum atomic E-state index is 10.9. The average Bonchev–Trinajstić information content (AvgIpc) is 2.39. The van der Waals surface area contributed by atoms with Gasteiger partial charge in [-0.15, -0.1) is 5.11 Å². The van der Waals surface area contributed by atoms with Gasteiger partial charge in [-0.25, -0.2) is 4.79 Å². The molecule has 0 spiro atoms. The lowest BCUT2D eigenvalue weighted by Gasteiger charge is -2.01. The molecular weight excluding hydrogens is 244 g/mol. The van der Waals surface area contributed by atoms with E-state index in [9.17, 15) is 9.90 Å². The smallest absolute Gasteiger partial charge is 0.339 e. The van der Waals surface area contributed by atoms with Crippen LogP contribution in [0.4, 0.5) is 11.4 Å². The summed E-state index contributed by atoms with van der Waals surface area (Å²) in [5.74, 6) is -1.59. The third kappa shape index (κ3) is 2.95. The first-order chi connectivity index (χ1) is 9.08. The van der Waals surface area contributed by atoms with Gasteiger partial charge in [0, 0.05) is 0 Å². The number of azo groups is 1. The zero-order chi connectivity index (χ0) is 13.8. The number of phenols is 1. The molecule has 0 saturated heterocycles. The molecule has 5 nitrogen and oxygen atoms in total. The van der Waals surface area contributed by atoms with Crippen LogP contribution in [-0.4, -0.2) is 16.2 Å². The van der Waals surface area contributed by atoms with Gasteiger partial charge in [-0.3, -0.25) is 0 Å². The summed E-state index contributed by atoms with van der Waals surface area (Å²) < 4.78 is 0. The molecule has 0 unspecified atom stereocenters. The fourth-order valence-corrected chi connectivity index (χ4v) is 1.51. The summed E-state index contributed by atoms with van der Waals surface area (Å²) in [4.78, 5) is 10.9. The van der Waals surface area contributed by atoms with E-state index in [1.165, 1.54) is 18.2 Å². The molecule has 19 heavy (non-hydrogen) atoms. The van der Waals surface area contributed by atoms with Crippen LogP contribution in [0, 0.1) is 6.92 Å². The minimum Gasteiger partial charge on any atom is -0.505 e. The van der Waals surface area contributed by atoms with Gasteiger partial charge in [-0.05, 0) is 31.2 Å². The normalized spacial score (nSPS) is 10.8. The largest absolute Gasteiger partial charge is 0.505 e. The molecule has 0 atom stereocenters. The molecule has 96 valence electrons. The molecule has 0 aliphatic heterocycles. The number of carboxylic acids is 1. The van der Waals surface area contributed by atoms with Crippen molar-refractivity contribution in [2.24, 2.45) is 10.2 Å². The van der Waals surface area contributed by atoms with Crippen molar-refractivity contribution in [3.05, 3.63) is 53.6 Å². The Bertz CT molecular complexity index is 634. The van der Waals surface area contributed by atoms with Crippen LogP contribution in [0.3, 0.4) is 0 Å². The van der Waals surface area contributed by atoms with Gasteiger partial charge >= 0.3 is 5.97 Å². The maximum absolute atomic E-state index is 10.9. The van der Waals surface area contributed by atoms with Gasteiger partial charge in [0.05, 0.1) is 5.69 Å². The molecule has 0 fully saturated rings. The molecule has 5 heteroatoms. The molecule has 0 aromatic heterocycles.